The van der Waals surface area contributed by atoms with E-state index >= 15 is 0 Å². The van der Waals surface area contributed by atoms with Crippen LogP contribution in [-0.2, 0) is 14.4 Å². The highest BCUT2D eigenvalue weighted by molar-refractivity contribution is 8.00. The number of carbonyl (C=O) groups excluding carboxylic acids is 3. The van der Waals surface area contributed by atoms with Gasteiger partial charge in [-0.1, -0.05) is 30.3 Å². The molecule has 4 N–H and O–H groups in total. The van der Waals surface area contributed by atoms with Crippen LogP contribution < -0.4 is 15.4 Å². The Morgan fingerprint density at radius 2 is 1.97 bits per heavy atom. The lowest BCUT2D eigenvalue weighted by Crippen LogP contribution is -2.71. The monoisotopic (exact) mass is 521 g/mol. The van der Waals surface area contributed by atoms with E-state index in [1.807, 2.05) is 0 Å². The molecule has 11 nitrogen and oxygen atoms in total. The predicted octanol–water partition coefficient (Wildman–Crippen LogP) is 1.80. The van der Waals surface area contributed by atoms with Crippen molar-refractivity contribution in [2.45, 2.75) is 24.4 Å². The molecule has 2 aliphatic rings. The van der Waals surface area contributed by atoms with Crippen molar-refractivity contribution in [1.29, 1.82) is 0 Å². The Hall–Kier alpha value is -4.32. The number of nitrogens with zero attached hydrogens (tertiary/aromatic N) is 2. The third-order valence-corrected chi connectivity index (χ3v) is 7.66. The Morgan fingerprint density at radius 1 is 1.22 bits per heavy atom. The van der Waals surface area contributed by atoms with Crippen molar-refractivity contribution in [2.75, 3.05) is 12.9 Å². The Bertz CT molecular complexity index is 1450. The van der Waals surface area contributed by atoms with Crippen molar-refractivity contribution in [1.82, 2.24) is 25.5 Å². The number of hydrogen-bond acceptors (Lipinski definition) is 7. The van der Waals surface area contributed by atoms with Crippen LogP contribution >= 0.6 is 11.8 Å². The molecule has 0 spiro atoms. The first kappa shape index (κ1) is 24.4. The topological polar surface area (TPSA) is 154 Å². The van der Waals surface area contributed by atoms with Gasteiger partial charge in [-0.2, -0.15) is 0 Å². The second-order valence-electron chi connectivity index (χ2n) is 8.62. The minimum absolute atomic E-state index is 0.0115. The van der Waals surface area contributed by atoms with Gasteiger partial charge in [-0.05, 0) is 30.2 Å². The van der Waals surface area contributed by atoms with Crippen molar-refractivity contribution in [3.8, 4) is 5.75 Å². The van der Waals surface area contributed by atoms with E-state index in [0.29, 0.717) is 33.7 Å². The Kier molecular flexibility index (Phi) is 6.34. The minimum Gasteiger partial charge on any atom is -0.497 e. The molecule has 3 aromatic rings. The molecule has 5 rings (SSSR count). The van der Waals surface area contributed by atoms with Crippen molar-refractivity contribution < 1.29 is 29.0 Å². The van der Waals surface area contributed by atoms with Gasteiger partial charge in [0.2, 0.25) is 5.91 Å². The number of carbonyl (C=O) groups is 4. The summed E-state index contributed by atoms with van der Waals surface area (Å²) in [6.07, 6.45) is 0. The van der Waals surface area contributed by atoms with Gasteiger partial charge in [-0.25, -0.2) is 9.78 Å². The van der Waals surface area contributed by atoms with Gasteiger partial charge in [-0.3, -0.25) is 19.3 Å². The molecule has 12 heteroatoms. The predicted molar refractivity (Wildman–Crippen MR) is 135 cm³/mol. The number of methoxy groups -OCH3 is 1. The molecule has 0 bridgehead atoms. The molecule has 3 heterocycles. The van der Waals surface area contributed by atoms with Crippen molar-refractivity contribution in [3.63, 3.8) is 0 Å². The van der Waals surface area contributed by atoms with Crippen LogP contribution in [0.1, 0.15) is 29.1 Å². The molecular weight excluding hydrogens is 498 g/mol. The molecule has 2 unspecified atom stereocenters. The average Bonchev–Trinajstić information content (AvgIpc) is 3.33. The number of fused-ring (bicyclic) bond motifs is 2. The average molecular weight is 522 g/mol. The van der Waals surface area contributed by atoms with Crippen LogP contribution in [0.2, 0.25) is 0 Å². The highest BCUT2D eigenvalue weighted by Gasteiger charge is 2.54. The maximum absolute atomic E-state index is 13.4. The zero-order valence-electron chi connectivity index (χ0n) is 19.8. The normalized spacial score (nSPS) is 19.6. The highest BCUT2D eigenvalue weighted by Crippen LogP contribution is 2.40. The zero-order valence-corrected chi connectivity index (χ0v) is 20.7. The fourth-order valence-corrected chi connectivity index (χ4v) is 5.67. The first-order chi connectivity index (χ1) is 17.8. The van der Waals surface area contributed by atoms with Crippen LogP contribution in [0.4, 0.5) is 0 Å². The van der Waals surface area contributed by atoms with Gasteiger partial charge >= 0.3 is 5.97 Å². The summed E-state index contributed by atoms with van der Waals surface area (Å²) in [7, 11) is 1.53. The van der Waals surface area contributed by atoms with Gasteiger partial charge in [0.25, 0.3) is 11.8 Å². The highest BCUT2D eigenvalue weighted by atomic mass is 32.2. The number of nitrogens with one attached hydrogen (secondary N) is 3. The lowest BCUT2D eigenvalue weighted by Gasteiger charge is -2.49. The summed E-state index contributed by atoms with van der Waals surface area (Å²) in [5.41, 5.74) is 2.20. The molecule has 1 aromatic heterocycles. The van der Waals surface area contributed by atoms with Gasteiger partial charge < -0.3 is 25.5 Å². The molecule has 3 amide bonds. The molecular formula is C25H23N5O6S. The number of H-pyrrole nitrogens is 1. The number of carboxylic acids is 1. The lowest BCUT2D eigenvalue weighted by atomic mass is 10.0. The fourth-order valence-electron chi connectivity index (χ4n) is 4.38. The summed E-state index contributed by atoms with van der Waals surface area (Å²) in [4.78, 5) is 59.4. The second-order valence-corrected chi connectivity index (χ2v) is 9.72. The third kappa shape index (κ3) is 4.40. The van der Waals surface area contributed by atoms with Crippen molar-refractivity contribution >= 4 is 46.5 Å². The molecule has 0 saturated carbocycles. The molecule has 190 valence electrons. The number of aromatic nitrogens is 2. The number of imidazole rings is 1. The number of aliphatic carboxylic acids is 1. The molecule has 3 atom stereocenters. The van der Waals surface area contributed by atoms with Crippen molar-refractivity contribution in [2.24, 2.45) is 0 Å². The number of aromatic amines is 1. The summed E-state index contributed by atoms with van der Waals surface area (Å²) in [5, 5.41) is 14.4. The van der Waals surface area contributed by atoms with E-state index in [4.69, 9.17) is 4.74 Å². The fraction of sp³-hybridized carbons (Fsp3) is 0.240. The first-order valence-electron chi connectivity index (χ1n) is 11.4. The van der Waals surface area contributed by atoms with Crippen LogP contribution in [0.3, 0.4) is 0 Å². The third-order valence-electron chi connectivity index (χ3n) is 6.23. The van der Waals surface area contributed by atoms with E-state index in [2.05, 4.69) is 20.6 Å². The van der Waals surface area contributed by atoms with Gasteiger partial charge in [-0.15, -0.1) is 11.8 Å². The number of carboxylic acid groups (broad SMARTS) is 1. The number of amides is 3. The Labute approximate surface area is 215 Å². The molecule has 1 fully saturated rings. The first-order valence-corrected chi connectivity index (χ1v) is 12.4. The summed E-state index contributed by atoms with van der Waals surface area (Å²) in [6.45, 7) is 1.67. The van der Waals surface area contributed by atoms with E-state index in [-0.39, 0.29) is 11.5 Å². The number of thioether (sulfide) groups is 1. The minimum atomic E-state index is -1.18. The van der Waals surface area contributed by atoms with Gasteiger partial charge in [0.1, 0.15) is 28.9 Å². The summed E-state index contributed by atoms with van der Waals surface area (Å²) in [5.74, 6) is -1.86. The SMILES string of the molecule is COc1ccc2nc(C(=O)NC(C(=O)NC3C(=O)N4C(C(=O)O)=C(C)CS[C@@H]34)c3ccccc3)[nH]c2c1. The van der Waals surface area contributed by atoms with Crippen LogP contribution in [-0.4, -0.2) is 67.9 Å². The number of benzene rings is 2. The van der Waals surface area contributed by atoms with Crippen LogP contribution in [0.25, 0.3) is 11.0 Å². The largest absolute Gasteiger partial charge is 0.497 e. The second kappa shape index (κ2) is 9.62. The maximum Gasteiger partial charge on any atom is 0.352 e. The van der Waals surface area contributed by atoms with Crippen LogP contribution in [0.15, 0.2) is 59.8 Å². The summed E-state index contributed by atoms with van der Waals surface area (Å²) >= 11 is 1.38. The zero-order chi connectivity index (χ0) is 26.3. The number of rotatable bonds is 7. The van der Waals surface area contributed by atoms with Crippen molar-refractivity contribution in [3.05, 3.63) is 71.2 Å². The number of hydrogen-bond donors (Lipinski definition) is 4. The molecule has 0 aliphatic carbocycles. The molecule has 2 aromatic carbocycles. The number of β-lactam (4-membered cyclic amide) rings is 1. The van der Waals surface area contributed by atoms with E-state index < -0.39 is 41.1 Å². The van der Waals surface area contributed by atoms with Crippen LogP contribution in [0, 0.1) is 0 Å². The molecule has 2 aliphatic heterocycles. The quantitative estimate of drug-likeness (QED) is 0.343. The standard InChI is InChI=1S/C25H23N5O6S/c1-12-11-37-24-18(23(33)30(24)19(12)25(34)35)29-21(31)17(13-6-4-3-5-7-13)28-22(32)20-26-15-9-8-14(36-2)10-16(15)27-20/h3-10,17-18,24H,11H2,1-2H3,(H,26,27)(H,28,32)(H,29,31)(H,34,35)/t17?,18?,24-/m0/s1. The maximum atomic E-state index is 13.4. The smallest absolute Gasteiger partial charge is 0.352 e. The number of ether oxygens (including phenoxy) is 1. The van der Waals surface area contributed by atoms with Gasteiger partial charge in [0, 0.05) is 11.8 Å². The van der Waals surface area contributed by atoms with E-state index in [1.54, 1.807) is 55.5 Å². The molecule has 0 radical (unpaired) electrons. The van der Waals surface area contributed by atoms with E-state index in [9.17, 15) is 24.3 Å². The van der Waals surface area contributed by atoms with E-state index in [1.165, 1.54) is 23.8 Å². The van der Waals surface area contributed by atoms with Gasteiger partial charge in [0.15, 0.2) is 5.82 Å². The van der Waals surface area contributed by atoms with E-state index in [0.717, 1.165) is 0 Å². The summed E-state index contributed by atoms with van der Waals surface area (Å²) in [6, 6.07) is 11.7. The lowest BCUT2D eigenvalue weighted by molar-refractivity contribution is -0.151. The summed E-state index contributed by atoms with van der Waals surface area (Å²) < 4.78 is 5.20. The molecule has 37 heavy (non-hydrogen) atoms. The molecule has 1 saturated heterocycles. The van der Waals surface area contributed by atoms with Crippen LogP contribution in [0.5, 0.6) is 5.75 Å². The Balaban J connectivity index is 1.36. The van der Waals surface area contributed by atoms with Gasteiger partial charge in [0.05, 0.1) is 18.1 Å². The Morgan fingerprint density at radius 3 is 2.68 bits per heavy atom.